The number of hydrogen-bond donors (Lipinski definition) is 1. The largest absolute Gasteiger partial charge is 0.310 e. The van der Waals surface area contributed by atoms with Crippen molar-refractivity contribution in [3.05, 3.63) is 17.0 Å². The number of nitrogens with one attached hydrogen (secondary N) is 1. The summed E-state index contributed by atoms with van der Waals surface area (Å²) in [4.78, 5) is 0. The van der Waals surface area contributed by atoms with E-state index in [2.05, 4.69) is 49.0 Å². The summed E-state index contributed by atoms with van der Waals surface area (Å²) in [6, 6.07) is 0.404. The van der Waals surface area contributed by atoms with Gasteiger partial charge in [-0.25, -0.2) is 0 Å². The summed E-state index contributed by atoms with van der Waals surface area (Å²) >= 11 is 1.94. The molecule has 0 saturated carbocycles. The summed E-state index contributed by atoms with van der Waals surface area (Å²) in [5.74, 6) is 1.29. The van der Waals surface area contributed by atoms with Gasteiger partial charge in [0.05, 0.1) is 5.69 Å². The molecule has 1 N–H and O–H groups in total. The highest BCUT2D eigenvalue weighted by molar-refractivity contribution is 7.98. The molecule has 3 nitrogen and oxygen atoms in total. The summed E-state index contributed by atoms with van der Waals surface area (Å²) in [5, 5.41) is 8.23. The number of rotatable bonds is 9. The van der Waals surface area contributed by atoms with Crippen molar-refractivity contribution < 1.29 is 0 Å². The Bertz CT molecular complexity index is 374. The van der Waals surface area contributed by atoms with Gasteiger partial charge in [-0.3, -0.25) is 4.68 Å². The van der Waals surface area contributed by atoms with Crippen LogP contribution in [0.2, 0.25) is 0 Å². The molecule has 0 fully saturated rings. The molecule has 0 spiro atoms. The minimum atomic E-state index is 0.404. The molecule has 110 valence electrons. The van der Waals surface area contributed by atoms with Gasteiger partial charge in [0, 0.05) is 23.8 Å². The fraction of sp³-hybridized carbons (Fsp3) is 0.800. The van der Waals surface area contributed by atoms with Gasteiger partial charge in [0.1, 0.15) is 0 Å². The zero-order valence-electron chi connectivity index (χ0n) is 13.1. The van der Waals surface area contributed by atoms with Crippen LogP contribution in [-0.4, -0.2) is 28.3 Å². The molecule has 0 radical (unpaired) electrons. The lowest BCUT2D eigenvalue weighted by molar-refractivity contribution is 0.539. The molecule has 19 heavy (non-hydrogen) atoms. The molecule has 0 saturated heterocycles. The van der Waals surface area contributed by atoms with Gasteiger partial charge in [-0.2, -0.15) is 16.9 Å². The van der Waals surface area contributed by atoms with Gasteiger partial charge in [0.2, 0.25) is 0 Å². The molecule has 0 aliphatic rings. The zero-order valence-corrected chi connectivity index (χ0v) is 13.9. The standard InChI is InChI=1S/C15H29N3S/c1-6-18-14(4)15(13(3)17-18)12(2)16-10-8-7-9-11-19-5/h12,16H,6-11H2,1-5H3. The Kier molecular flexibility index (Phi) is 7.54. The van der Waals surface area contributed by atoms with E-state index < -0.39 is 0 Å². The van der Waals surface area contributed by atoms with Crippen LogP contribution >= 0.6 is 11.8 Å². The fourth-order valence-corrected chi connectivity index (χ4v) is 3.11. The van der Waals surface area contributed by atoms with E-state index in [1.807, 2.05) is 11.8 Å². The first-order chi connectivity index (χ1) is 9.11. The highest BCUT2D eigenvalue weighted by Crippen LogP contribution is 2.21. The monoisotopic (exact) mass is 283 g/mol. The van der Waals surface area contributed by atoms with E-state index in [1.165, 1.54) is 42.0 Å². The van der Waals surface area contributed by atoms with E-state index in [-0.39, 0.29) is 0 Å². The maximum atomic E-state index is 4.59. The number of unbranched alkanes of at least 4 members (excludes halogenated alkanes) is 2. The van der Waals surface area contributed by atoms with Crippen molar-refractivity contribution in [2.24, 2.45) is 0 Å². The van der Waals surface area contributed by atoms with Crippen LogP contribution in [0.4, 0.5) is 0 Å². The Balaban J connectivity index is 2.41. The Morgan fingerprint density at radius 3 is 2.58 bits per heavy atom. The van der Waals surface area contributed by atoms with E-state index in [1.54, 1.807) is 0 Å². The Labute approximate surface area is 122 Å². The molecular weight excluding hydrogens is 254 g/mol. The van der Waals surface area contributed by atoms with E-state index in [4.69, 9.17) is 0 Å². The van der Waals surface area contributed by atoms with Crippen LogP contribution < -0.4 is 5.32 Å². The van der Waals surface area contributed by atoms with E-state index >= 15 is 0 Å². The third kappa shape index (κ3) is 4.84. The van der Waals surface area contributed by atoms with Crippen LogP contribution in [0.5, 0.6) is 0 Å². The van der Waals surface area contributed by atoms with Gasteiger partial charge in [0.25, 0.3) is 0 Å². The van der Waals surface area contributed by atoms with Gasteiger partial charge >= 0.3 is 0 Å². The average Bonchev–Trinajstić information content (AvgIpc) is 2.68. The lowest BCUT2D eigenvalue weighted by Gasteiger charge is -2.15. The highest BCUT2D eigenvalue weighted by Gasteiger charge is 2.16. The van der Waals surface area contributed by atoms with Crippen LogP contribution in [0.25, 0.3) is 0 Å². The SMILES string of the molecule is CCn1nc(C)c(C(C)NCCCCCSC)c1C. The second-order valence-electron chi connectivity index (χ2n) is 5.13. The van der Waals surface area contributed by atoms with Crippen LogP contribution in [0.3, 0.4) is 0 Å². The quantitative estimate of drug-likeness (QED) is 0.701. The molecule has 1 rings (SSSR count). The molecule has 0 aromatic carbocycles. The van der Waals surface area contributed by atoms with Crippen LogP contribution in [-0.2, 0) is 6.54 Å². The first-order valence-corrected chi connectivity index (χ1v) is 8.77. The lowest BCUT2D eigenvalue weighted by Crippen LogP contribution is -2.21. The topological polar surface area (TPSA) is 29.9 Å². The highest BCUT2D eigenvalue weighted by atomic mass is 32.2. The second-order valence-corrected chi connectivity index (χ2v) is 6.12. The van der Waals surface area contributed by atoms with E-state index in [0.29, 0.717) is 6.04 Å². The fourth-order valence-electron chi connectivity index (χ4n) is 2.61. The number of nitrogens with zero attached hydrogens (tertiary/aromatic N) is 2. The summed E-state index contributed by atoms with van der Waals surface area (Å²) < 4.78 is 2.10. The molecule has 0 amide bonds. The Morgan fingerprint density at radius 1 is 1.26 bits per heavy atom. The van der Waals surface area contributed by atoms with Gasteiger partial charge in [0.15, 0.2) is 0 Å². The summed E-state index contributed by atoms with van der Waals surface area (Å²) in [6.07, 6.45) is 6.11. The molecule has 0 aliphatic carbocycles. The van der Waals surface area contributed by atoms with Gasteiger partial charge < -0.3 is 5.32 Å². The van der Waals surface area contributed by atoms with E-state index in [9.17, 15) is 0 Å². The minimum Gasteiger partial charge on any atom is -0.310 e. The van der Waals surface area contributed by atoms with Crippen LogP contribution in [0, 0.1) is 13.8 Å². The predicted molar refractivity (Wildman–Crippen MR) is 86.0 cm³/mol. The smallest absolute Gasteiger partial charge is 0.0644 e. The lowest BCUT2D eigenvalue weighted by atomic mass is 10.1. The molecule has 0 aliphatic heterocycles. The number of aryl methyl sites for hydroxylation is 2. The molecule has 1 atom stereocenters. The van der Waals surface area contributed by atoms with Gasteiger partial charge in [-0.15, -0.1) is 0 Å². The Morgan fingerprint density at radius 2 is 2.00 bits per heavy atom. The van der Waals surface area contributed by atoms with Gasteiger partial charge in [-0.1, -0.05) is 6.42 Å². The van der Waals surface area contributed by atoms with E-state index in [0.717, 1.165) is 13.1 Å². The van der Waals surface area contributed by atoms with Crippen molar-refractivity contribution in [2.45, 2.75) is 59.5 Å². The first-order valence-electron chi connectivity index (χ1n) is 7.38. The van der Waals surface area contributed by atoms with Crippen molar-refractivity contribution in [1.82, 2.24) is 15.1 Å². The van der Waals surface area contributed by atoms with Crippen molar-refractivity contribution in [3.63, 3.8) is 0 Å². The molecule has 1 unspecified atom stereocenters. The third-order valence-electron chi connectivity index (χ3n) is 3.65. The third-order valence-corrected chi connectivity index (χ3v) is 4.34. The number of hydrogen-bond acceptors (Lipinski definition) is 3. The summed E-state index contributed by atoms with van der Waals surface area (Å²) in [7, 11) is 0. The minimum absolute atomic E-state index is 0.404. The van der Waals surface area contributed by atoms with Crippen LogP contribution in [0.15, 0.2) is 0 Å². The molecule has 1 heterocycles. The van der Waals surface area contributed by atoms with Crippen molar-refractivity contribution >= 4 is 11.8 Å². The maximum absolute atomic E-state index is 4.59. The van der Waals surface area contributed by atoms with Crippen molar-refractivity contribution in [1.29, 1.82) is 0 Å². The number of aromatic nitrogens is 2. The molecular formula is C15H29N3S. The average molecular weight is 283 g/mol. The molecule has 1 aromatic heterocycles. The predicted octanol–water partition coefficient (Wildman–Crippen LogP) is 3.70. The summed E-state index contributed by atoms with van der Waals surface area (Å²) in [6.45, 7) is 10.7. The Hall–Kier alpha value is -0.480. The van der Waals surface area contributed by atoms with Crippen LogP contribution in [0.1, 0.15) is 56.1 Å². The molecule has 4 heteroatoms. The maximum Gasteiger partial charge on any atom is 0.0644 e. The summed E-state index contributed by atoms with van der Waals surface area (Å²) in [5.41, 5.74) is 3.86. The van der Waals surface area contributed by atoms with Crippen molar-refractivity contribution in [2.75, 3.05) is 18.6 Å². The molecule has 0 bridgehead atoms. The van der Waals surface area contributed by atoms with Gasteiger partial charge in [-0.05, 0) is 59.1 Å². The van der Waals surface area contributed by atoms with Crippen molar-refractivity contribution in [3.8, 4) is 0 Å². The second kappa shape index (κ2) is 8.64. The number of thioether (sulfide) groups is 1. The zero-order chi connectivity index (χ0) is 14.3. The molecule has 1 aromatic rings. The normalized spacial score (nSPS) is 12.9. The first kappa shape index (κ1) is 16.6.